The molecule has 0 aliphatic carbocycles. The van der Waals surface area contributed by atoms with Gasteiger partial charge in [0.05, 0.1) is 12.6 Å². The SMILES string of the molecule is CCCCCCCCCCCCCCCCCCN(C(=O)NCCCCCCCCCCCC)[C@@H]1O[C@H](CO)[C@@H](O)[C@H](O)[C@@H]1N. The maximum absolute atomic E-state index is 13.3. The first-order chi connectivity index (χ1) is 22.0. The van der Waals surface area contributed by atoms with Crippen LogP contribution in [0.1, 0.15) is 181 Å². The van der Waals surface area contributed by atoms with E-state index in [9.17, 15) is 20.1 Å². The number of urea groups is 1. The smallest absolute Gasteiger partial charge is 0.319 e. The first kappa shape index (κ1) is 42.1. The number of carbonyl (C=O) groups is 1. The molecule has 45 heavy (non-hydrogen) atoms. The van der Waals surface area contributed by atoms with Crippen molar-refractivity contribution in [3.05, 3.63) is 0 Å². The largest absolute Gasteiger partial charge is 0.394 e. The Morgan fingerprint density at radius 2 is 1.00 bits per heavy atom. The van der Waals surface area contributed by atoms with Crippen LogP contribution in [0, 0.1) is 0 Å². The van der Waals surface area contributed by atoms with Gasteiger partial charge in [-0.2, -0.15) is 0 Å². The van der Waals surface area contributed by atoms with Crippen LogP contribution in [0.3, 0.4) is 0 Å². The summed E-state index contributed by atoms with van der Waals surface area (Å²) in [6.45, 7) is 5.11. The van der Waals surface area contributed by atoms with E-state index in [4.69, 9.17) is 10.5 Å². The molecule has 0 radical (unpaired) electrons. The van der Waals surface area contributed by atoms with Gasteiger partial charge in [-0.25, -0.2) is 4.79 Å². The topological polar surface area (TPSA) is 128 Å². The molecule has 1 rings (SSSR count). The maximum Gasteiger partial charge on any atom is 0.319 e. The van der Waals surface area contributed by atoms with Gasteiger partial charge in [-0.15, -0.1) is 0 Å². The summed E-state index contributed by atoms with van der Waals surface area (Å²) in [4.78, 5) is 14.9. The number of aliphatic hydroxyl groups excluding tert-OH is 3. The minimum atomic E-state index is -1.28. The van der Waals surface area contributed by atoms with Gasteiger partial charge in [0.1, 0.15) is 18.3 Å². The number of aliphatic hydroxyl groups is 3. The lowest BCUT2D eigenvalue weighted by Gasteiger charge is -2.45. The molecule has 0 aromatic heterocycles. The summed E-state index contributed by atoms with van der Waals surface area (Å²) in [5, 5.41) is 33.5. The number of nitrogens with one attached hydrogen (secondary N) is 1. The predicted octanol–water partition coefficient (Wildman–Crippen LogP) is 7.95. The van der Waals surface area contributed by atoms with Gasteiger partial charge in [-0.1, -0.05) is 168 Å². The number of unbranched alkanes of at least 4 members (excludes halogenated alkanes) is 24. The highest BCUT2D eigenvalue weighted by Crippen LogP contribution is 2.23. The number of ether oxygens (including phenoxy) is 1. The van der Waals surface area contributed by atoms with Crippen LogP contribution >= 0.6 is 0 Å². The Hall–Kier alpha value is -0.930. The normalized spacial score (nSPS) is 21.7. The number of carbonyl (C=O) groups excluding carboxylic acids is 1. The summed E-state index contributed by atoms with van der Waals surface area (Å²) in [6.07, 6.45) is 28.4. The van der Waals surface area contributed by atoms with Crippen LogP contribution in [-0.4, -0.2) is 76.5 Å². The van der Waals surface area contributed by atoms with Crippen molar-refractivity contribution >= 4 is 6.03 Å². The molecule has 0 aromatic carbocycles. The molecular formula is C37H75N3O5. The number of nitrogens with zero attached hydrogens (tertiary/aromatic N) is 1. The number of rotatable bonds is 30. The lowest BCUT2D eigenvalue weighted by molar-refractivity contribution is -0.218. The monoisotopic (exact) mass is 642 g/mol. The van der Waals surface area contributed by atoms with Gasteiger partial charge in [0.25, 0.3) is 0 Å². The molecular weight excluding hydrogens is 566 g/mol. The van der Waals surface area contributed by atoms with Crippen molar-refractivity contribution in [2.75, 3.05) is 19.7 Å². The average Bonchev–Trinajstić information content (AvgIpc) is 3.04. The number of hydrogen-bond acceptors (Lipinski definition) is 6. The average molecular weight is 642 g/mol. The van der Waals surface area contributed by atoms with E-state index in [2.05, 4.69) is 19.2 Å². The molecule has 2 amide bonds. The highest BCUT2D eigenvalue weighted by Gasteiger charge is 2.45. The fourth-order valence-corrected chi connectivity index (χ4v) is 6.48. The molecule has 268 valence electrons. The molecule has 5 atom stereocenters. The Morgan fingerprint density at radius 1 is 0.622 bits per heavy atom. The second kappa shape index (κ2) is 29.2. The molecule has 1 fully saturated rings. The standard InChI is InChI=1S/C37H75N3O5/c1-3-5-7-9-11-13-15-16-17-18-19-20-22-24-26-28-30-40(36-33(38)35(43)34(42)32(31-41)45-36)37(44)39-29-27-25-23-21-14-12-10-8-6-4-2/h32-36,41-43H,3-31,38H2,1-2H3,(H,39,44)/t32-,33+,34-,35-,36-/m1/s1. The van der Waals surface area contributed by atoms with E-state index in [1.54, 1.807) is 4.90 Å². The molecule has 0 aromatic rings. The first-order valence-corrected chi connectivity index (χ1v) is 19.4. The van der Waals surface area contributed by atoms with Crippen molar-refractivity contribution in [2.45, 2.75) is 211 Å². The van der Waals surface area contributed by atoms with Crippen LogP contribution in [0.15, 0.2) is 0 Å². The van der Waals surface area contributed by atoms with Crippen LogP contribution in [-0.2, 0) is 4.74 Å². The molecule has 1 aliphatic heterocycles. The second-order valence-corrected chi connectivity index (χ2v) is 13.7. The molecule has 0 spiro atoms. The summed E-state index contributed by atoms with van der Waals surface area (Å²) in [5.41, 5.74) is 6.25. The second-order valence-electron chi connectivity index (χ2n) is 13.7. The third-order valence-electron chi connectivity index (χ3n) is 9.58. The highest BCUT2D eigenvalue weighted by atomic mass is 16.5. The van der Waals surface area contributed by atoms with Crippen LogP contribution in [0.5, 0.6) is 0 Å². The Morgan fingerprint density at radius 3 is 1.40 bits per heavy atom. The summed E-state index contributed by atoms with van der Waals surface area (Å²) in [7, 11) is 0. The molecule has 1 saturated heterocycles. The van der Waals surface area contributed by atoms with E-state index in [1.165, 1.54) is 135 Å². The van der Waals surface area contributed by atoms with Gasteiger partial charge in [0.2, 0.25) is 0 Å². The number of hydrogen-bond donors (Lipinski definition) is 5. The zero-order valence-corrected chi connectivity index (χ0v) is 29.6. The van der Waals surface area contributed by atoms with E-state index < -0.39 is 37.2 Å². The lowest BCUT2D eigenvalue weighted by atomic mass is 9.96. The Bertz CT molecular complexity index is 668. The van der Waals surface area contributed by atoms with Crippen LogP contribution in [0.4, 0.5) is 4.79 Å². The Labute approximate surface area is 277 Å². The van der Waals surface area contributed by atoms with Crippen LogP contribution < -0.4 is 11.1 Å². The highest BCUT2D eigenvalue weighted by molar-refractivity contribution is 5.74. The van der Waals surface area contributed by atoms with Crippen molar-refractivity contribution in [1.82, 2.24) is 10.2 Å². The molecule has 1 aliphatic rings. The van der Waals surface area contributed by atoms with E-state index in [-0.39, 0.29) is 6.03 Å². The van der Waals surface area contributed by atoms with Crippen LogP contribution in [0.25, 0.3) is 0 Å². The number of amides is 2. The predicted molar refractivity (Wildman–Crippen MR) is 187 cm³/mol. The quantitative estimate of drug-likeness (QED) is 0.0507. The minimum Gasteiger partial charge on any atom is -0.394 e. The molecule has 0 bridgehead atoms. The van der Waals surface area contributed by atoms with Crippen molar-refractivity contribution in [1.29, 1.82) is 0 Å². The van der Waals surface area contributed by atoms with Gasteiger partial charge in [0, 0.05) is 13.1 Å². The third kappa shape index (κ3) is 20.1. The van der Waals surface area contributed by atoms with Gasteiger partial charge in [-0.3, -0.25) is 4.90 Å². The molecule has 1 heterocycles. The summed E-state index contributed by atoms with van der Waals surface area (Å²) in [6, 6.07) is -1.21. The zero-order chi connectivity index (χ0) is 33.0. The molecule has 8 heteroatoms. The summed E-state index contributed by atoms with van der Waals surface area (Å²) < 4.78 is 5.88. The van der Waals surface area contributed by atoms with E-state index in [1.807, 2.05) is 0 Å². The summed E-state index contributed by atoms with van der Waals surface area (Å²) in [5.74, 6) is 0. The van der Waals surface area contributed by atoms with Gasteiger partial charge >= 0.3 is 6.03 Å². The lowest BCUT2D eigenvalue weighted by Crippen LogP contribution is -2.67. The fourth-order valence-electron chi connectivity index (χ4n) is 6.48. The van der Waals surface area contributed by atoms with Gasteiger partial charge < -0.3 is 31.1 Å². The van der Waals surface area contributed by atoms with Crippen molar-refractivity contribution in [3.63, 3.8) is 0 Å². The van der Waals surface area contributed by atoms with E-state index >= 15 is 0 Å². The van der Waals surface area contributed by atoms with Crippen molar-refractivity contribution in [2.24, 2.45) is 5.73 Å². The van der Waals surface area contributed by atoms with Crippen LogP contribution in [0.2, 0.25) is 0 Å². The first-order valence-electron chi connectivity index (χ1n) is 19.4. The third-order valence-corrected chi connectivity index (χ3v) is 9.58. The molecule has 8 nitrogen and oxygen atoms in total. The molecule has 6 N–H and O–H groups in total. The minimum absolute atomic E-state index is 0.257. The van der Waals surface area contributed by atoms with Gasteiger partial charge in [0.15, 0.2) is 6.23 Å². The van der Waals surface area contributed by atoms with Gasteiger partial charge in [-0.05, 0) is 12.8 Å². The maximum atomic E-state index is 13.3. The summed E-state index contributed by atoms with van der Waals surface area (Å²) >= 11 is 0. The Kier molecular flexibility index (Phi) is 27.3. The molecule has 0 unspecified atom stereocenters. The fraction of sp³-hybridized carbons (Fsp3) is 0.973. The Balaban J connectivity index is 2.32. The van der Waals surface area contributed by atoms with Crippen molar-refractivity contribution in [3.8, 4) is 0 Å². The van der Waals surface area contributed by atoms with E-state index in [0.717, 1.165) is 32.1 Å². The zero-order valence-electron chi connectivity index (χ0n) is 29.6. The number of nitrogens with two attached hydrogens (primary N) is 1. The van der Waals surface area contributed by atoms with Crippen molar-refractivity contribution < 1.29 is 24.9 Å². The molecule has 0 saturated carbocycles. The van der Waals surface area contributed by atoms with E-state index in [0.29, 0.717) is 13.1 Å².